The minimum Gasteiger partial charge on any atom is -0.490 e. The van der Waals surface area contributed by atoms with Crippen LogP contribution in [-0.2, 0) is 0 Å². The summed E-state index contributed by atoms with van der Waals surface area (Å²) in [6.45, 7) is 8.56. The molecule has 0 unspecified atom stereocenters. The minimum absolute atomic E-state index is 0.0602. The number of carboxylic acids is 1. The Morgan fingerprint density at radius 2 is 1.88 bits per heavy atom. The summed E-state index contributed by atoms with van der Waals surface area (Å²) < 4.78 is 6.27. The van der Waals surface area contributed by atoms with E-state index in [1.807, 2.05) is 18.2 Å². The zero-order chi connectivity index (χ0) is 19.1. The Morgan fingerprint density at radius 1 is 1.23 bits per heavy atom. The highest BCUT2D eigenvalue weighted by Gasteiger charge is 2.31. The van der Waals surface area contributed by atoms with Gasteiger partial charge in [0.05, 0.1) is 28.4 Å². The topological polar surface area (TPSA) is 85.4 Å². The summed E-state index contributed by atoms with van der Waals surface area (Å²) in [4.78, 5) is 16.0. The number of rotatable bonds is 3. The van der Waals surface area contributed by atoms with Crippen molar-refractivity contribution in [1.29, 1.82) is 0 Å². The first-order valence-corrected chi connectivity index (χ1v) is 9.27. The lowest BCUT2D eigenvalue weighted by Crippen LogP contribution is -2.30. The van der Waals surface area contributed by atoms with Gasteiger partial charge in [0.15, 0.2) is 0 Å². The van der Waals surface area contributed by atoms with Crippen molar-refractivity contribution in [3.8, 4) is 5.75 Å². The molecule has 1 heterocycles. The Balaban J connectivity index is 1.90. The highest BCUT2D eigenvalue weighted by atomic mass is 16.5. The Hall–Kier alpha value is -2.30. The third-order valence-electron chi connectivity index (χ3n) is 5.60. The number of fused-ring (bicyclic) bond motifs is 1. The molecule has 5 heteroatoms. The highest BCUT2D eigenvalue weighted by Crippen LogP contribution is 2.40. The molecular formula is C21H28N2O3. The normalized spacial score (nSPS) is 20.9. The van der Waals surface area contributed by atoms with Gasteiger partial charge < -0.3 is 15.6 Å². The van der Waals surface area contributed by atoms with Crippen LogP contribution in [0.3, 0.4) is 0 Å². The van der Waals surface area contributed by atoms with Gasteiger partial charge in [-0.2, -0.15) is 0 Å². The molecule has 2 aromatic rings. The molecule has 3 rings (SSSR count). The number of ether oxygens (including phenoxy) is 1. The van der Waals surface area contributed by atoms with Crippen molar-refractivity contribution in [2.75, 3.05) is 5.73 Å². The number of nitrogens with zero attached hydrogens (tertiary/aromatic N) is 1. The summed E-state index contributed by atoms with van der Waals surface area (Å²) >= 11 is 0. The van der Waals surface area contributed by atoms with Crippen LogP contribution in [0.5, 0.6) is 5.75 Å². The van der Waals surface area contributed by atoms with Crippen LogP contribution in [0.1, 0.15) is 62.5 Å². The van der Waals surface area contributed by atoms with Gasteiger partial charge in [0.2, 0.25) is 0 Å². The zero-order valence-corrected chi connectivity index (χ0v) is 16.0. The molecule has 1 aromatic carbocycles. The van der Waals surface area contributed by atoms with E-state index in [0.29, 0.717) is 33.7 Å². The molecule has 26 heavy (non-hydrogen) atoms. The highest BCUT2D eigenvalue weighted by molar-refractivity contribution is 6.06. The summed E-state index contributed by atoms with van der Waals surface area (Å²) in [6.07, 6.45) is 4.43. The van der Waals surface area contributed by atoms with E-state index in [1.165, 1.54) is 0 Å². The van der Waals surface area contributed by atoms with E-state index in [2.05, 4.69) is 25.8 Å². The maximum Gasteiger partial charge on any atom is 0.339 e. The van der Waals surface area contributed by atoms with Crippen molar-refractivity contribution in [2.45, 2.75) is 59.5 Å². The Morgan fingerprint density at radius 3 is 2.46 bits per heavy atom. The monoisotopic (exact) mass is 356 g/mol. The number of anilines is 1. The van der Waals surface area contributed by atoms with Crippen molar-refractivity contribution in [1.82, 2.24) is 4.98 Å². The van der Waals surface area contributed by atoms with Gasteiger partial charge in [-0.05, 0) is 56.1 Å². The van der Waals surface area contributed by atoms with Gasteiger partial charge >= 0.3 is 5.97 Å². The molecule has 1 fully saturated rings. The number of nitrogen functional groups attached to an aromatic ring is 1. The van der Waals surface area contributed by atoms with Crippen LogP contribution in [0.2, 0.25) is 0 Å². The molecular weight excluding hydrogens is 328 g/mol. The molecule has 1 saturated carbocycles. The van der Waals surface area contributed by atoms with E-state index in [9.17, 15) is 9.90 Å². The summed E-state index contributed by atoms with van der Waals surface area (Å²) in [5.74, 6) is 0.284. The van der Waals surface area contributed by atoms with Crippen LogP contribution in [-0.4, -0.2) is 22.2 Å². The van der Waals surface area contributed by atoms with Crippen LogP contribution in [0.15, 0.2) is 18.2 Å². The predicted octanol–water partition coefficient (Wildman–Crippen LogP) is 4.81. The third kappa shape index (κ3) is 3.48. The van der Waals surface area contributed by atoms with Crippen LogP contribution in [0, 0.1) is 18.3 Å². The average Bonchev–Trinajstić information content (AvgIpc) is 2.54. The third-order valence-corrected chi connectivity index (χ3v) is 5.60. The molecule has 1 aromatic heterocycles. The molecule has 0 bridgehead atoms. The molecule has 1 aliphatic carbocycles. The smallest absolute Gasteiger partial charge is 0.339 e. The molecule has 0 saturated heterocycles. The molecule has 0 atom stereocenters. The largest absolute Gasteiger partial charge is 0.490 e. The molecule has 0 spiro atoms. The fraction of sp³-hybridized carbons (Fsp3) is 0.524. The van der Waals surface area contributed by atoms with Crippen molar-refractivity contribution >= 4 is 22.6 Å². The quantitative estimate of drug-likeness (QED) is 0.824. The molecule has 0 radical (unpaired) electrons. The second-order valence-electron chi connectivity index (χ2n) is 8.40. The molecule has 5 nitrogen and oxygen atoms in total. The maximum absolute atomic E-state index is 11.6. The molecule has 0 amide bonds. The lowest BCUT2D eigenvalue weighted by molar-refractivity contribution is 0.0697. The number of carboxylic acid groups (broad SMARTS) is 1. The van der Waals surface area contributed by atoms with Crippen LogP contribution in [0.25, 0.3) is 10.9 Å². The van der Waals surface area contributed by atoms with E-state index in [0.717, 1.165) is 25.7 Å². The van der Waals surface area contributed by atoms with Crippen LogP contribution >= 0.6 is 0 Å². The summed E-state index contributed by atoms with van der Waals surface area (Å²) in [5, 5.41) is 10.1. The van der Waals surface area contributed by atoms with Crippen molar-refractivity contribution in [3.63, 3.8) is 0 Å². The first-order chi connectivity index (χ1) is 12.2. The van der Waals surface area contributed by atoms with Crippen LogP contribution in [0.4, 0.5) is 5.69 Å². The SMILES string of the molecule is Cc1nc2cccc(O[C@H]3CC[C@H](C(C)(C)C)CC3)c2c(N)c1C(=O)O. The van der Waals surface area contributed by atoms with E-state index >= 15 is 0 Å². The van der Waals surface area contributed by atoms with Gasteiger partial charge in [0.1, 0.15) is 11.3 Å². The molecule has 0 aliphatic heterocycles. The number of hydrogen-bond donors (Lipinski definition) is 2. The Bertz CT molecular complexity index is 831. The number of aromatic nitrogens is 1. The van der Waals surface area contributed by atoms with Gasteiger partial charge in [-0.1, -0.05) is 26.8 Å². The summed E-state index contributed by atoms with van der Waals surface area (Å²) in [5.41, 5.74) is 7.92. The number of pyridine rings is 1. The van der Waals surface area contributed by atoms with Crippen molar-refractivity contribution in [2.24, 2.45) is 11.3 Å². The lowest BCUT2D eigenvalue weighted by atomic mass is 9.72. The fourth-order valence-electron chi connectivity index (χ4n) is 4.03. The number of nitrogens with two attached hydrogens (primary N) is 1. The van der Waals surface area contributed by atoms with Crippen molar-refractivity contribution < 1.29 is 14.6 Å². The Kier molecular flexibility index (Phi) is 4.82. The summed E-state index contributed by atoms with van der Waals surface area (Å²) in [6, 6.07) is 5.58. The van der Waals surface area contributed by atoms with Crippen LogP contribution < -0.4 is 10.5 Å². The molecule has 1 aliphatic rings. The fourth-order valence-corrected chi connectivity index (χ4v) is 4.03. The second-order valence-corrected chi connectivity index (χ2v) is 8.40. The van der Waals surface area contributed by atoms with Gasteiger partial charge in [0, 0.05) is 0 Å². The van der Waals surface area contributed by atoms with E-state index in [4.69, 9.17) is 10.5 Å². The number of aromatic carboxylic acids is 1. The zero-order valence-electron chi connectivity index (χ0n) is 16.0. The van der Waals surface area contributed by atoms with Gasteiger partial charge in [-0.25, -0.2) is 4.79 Å². The molecule has 3 N–H and O–H groups in total. The number of hydrogen-bond acceptors (Lipinski definition) is 4. The predicted molar refractivity (Wildman–Crippen MR) is 104 cm³/mol. The minimum atomic E-state index is -1.06. The maximum atomic E-state index is 11.6. The second kappa shape index (κ2) is 6.78. The molecule has 140 valence electrons. The lowest BCUT2D eigenvalue weighted by Gasteiger charge is -2.37. The van der Waals surface area contributed by atoms with E-state index < -0.39 is 5.97 Å². The number of aryl methyl sites for hydroxylation is 1. The van der Waals surface area contributed by atoms with Gasteiger partial charge in [-0.3, -0.25) is 4.98 Å². The first-order valence-electron chi connectivity index (χ1n) is 9.27. The number of carbonyl (C=O) groups is 1. The standard InChI is InChI=1S/C21H28N2O3/c1-12-17(20(24)25)19(22)18-15(23-12)6-5-7-16(18)26-14-10-8-13(9-11-14)21(2,3)4/h5-7,13-14H,8-11H2,1-4H3,(H2,22,23)(H,24,25)/t13-,14-. The first kappa shape index (κ1) is 18.5. The van der Waals surface area contributed by atoms with Gasteiger partial charge in [-0.15, -0.1) is 0 Å². The van der Waals surface area contributed by atoms with E-state index in [1.54, 1.807) is 6.92 Å². The average molecular weight is 356 g/mol. The van der Waals surface area contributed by atoms with E-state index in [-0.39, 0.29) is 17.4 Å². The van der Waals surface area contributed by atoms with Gasteiger partial charge in [0.25, 0.3) is 0 Å². The Labute approximate surface area is 154 Å². The summed E-state index contributed by atoms with van der Waals surface area (Å²) in [7, 11) is 0. The number of benzene rings is 1. The van der Waals surface area contributed by atoms with Crippen molar-refractivity contribution in [3.05, 3.63) is 29.5 Å².